The van der Waals surface area contributed by atoms with Gasteiger partial charge >= 0.3 is 0 Å². The molecule has 1 heterocycles. The molecular formula is C8H4IN3O3. The lowest BCUT2D eigenvalue weighted by Crippen LogP contribution is -1.87. The van der Waals surface area contributed by atoms with E-state index in [1.54, 1.807) is 12.1 Å². The van der Waals surface area contributed by atoms with E-state index in [0.29, 0.717) is 15.3 Å². The van der Waals surface area contributed by atoms with Gasteiger partial charge in [-0.25, -0.2) is 0 Å². The highest BCUT2D eigenvalue weighted by Crippen LogP contribution is 2.20. The Balaban J connectivity index is 2.35. The van der Waals surface area contributed by atoms with Crippen LogP contribution < -0.4 is 0 Å². The number of aromatic nitrogens is 2. The minimum absolute atomic E-state index is 0.0352. The minimum Gasteiger partial charge on any atom is -0.333 e. The van der Waals surface area contributed by atoms with Crippen LogP contribution in [0.2, 0.25) is 0 Å². The van der Waals surface area contributed by atoms with Crippen molar-refractivity contribution in [1.82, 2.24) is 10.1 Å². The predicted molar refractivity (Wildman–Crippen MR) is 59.1 cm³/mol. The first-order chi connectivity index (χ1) is 7.16. The molecule has 7 heteroatoms. The lowest BCUT2D eigenvalue weighted by molar-refractivity contribution is -0.384. The standard InChI is InChI=1S/C8H4IN3O3/c9-8-10-7(15-11-8)5-1-3-6(4-2-5)12(13)14/h1-4H. The third kappa shape index (κ3) is 2.12. The summed E-state index contributed by atoms with van der Waals surface area (Å²) in [7, 11) is 0. The van der Waals surface area contributed by atoms with Gasteiger partial charge in [-0.2, -0.15) is 4.98 Å². The van der Waals surface area contributed by atoms with Crippen LogP contribution in [-0.2, 0) is 0 Å². The van der Waals surface area contributed by atoms with Crippen LogP contribution in [0.15, 0.2) is 28.8 Å². The van der Waals surface area contributed by atoms with Crippen molar-refractivity contribution in [3.63, 3.8) is 0 Å². The van der Waals surface area contributed by atoms with E-state index in [2.05, 4.69) is 10.1 Å². The molecule has 0 fully saturated rings. The highest BCUT2D eigenvalue weighted by molar-refractivity contribution is 14.1. The summed E-state index contributed by atoms with van der Waals surface area (Å²) in [5, 5.41) is 14.0. The Morgan fingerprint density at radius 2 is 2.00 bits per heavy atom. The molecule has 0 amide bonds. The van der Waals surface area contributed by atoms with Crippen LogP contribution in [0.4, 0.5) is 5.69 Å². The third-order valence-corrected chi connectivity index (χ3v) is 2.16. The molecule has 15 heavy (non-hydrogen) atoms. The summed E-state index contributed by atoms with van der Waals surface area (Å²) in [6, 6.07) is 5.93. The number of rotatable bonds is 2. The Morgan fingerprint density at radius 3 is 2.47 bits per heavy atom. The molecule has 0 saturated heterocycles. The largest absolute Gasteiger partial charge is 0.333 e. The van der Waals surface area contributed by atoms with Gasteiger partial charge in [-0.15, -0.1) is 0 Å². The summed E-state index contributed by atoms with van der Waals surface area (Å²) in [6.07, 6.45) is 0. The average Bonchev–Trinajstić information content (AvgIpc) is 2.65. The zero-order valence-electron chi connectivity index (χ0n) is 7.25. The second kappa shape index (κ2) is 3.93. The number of non-ortho nitro benzene ring substituents is 1. The number of nitro benzene ring substituents is 1. The molecule has 6 nitrogen and oxygen atoms in total. The van der Waals surface area contributed by atoms with Crippen LogP contribution in [0.5, 0.6) is 0 Å². The normalized spacial score (nSPS) is 10.2. The molecule has 1 aromatic carbocycles. The lowest BCUT2D eigenvalue weighted by atomic mass is 10.2. The van der Waals surface area contributed by atoms with Gasteiger partial charge in [0.2, 0.25) is 3.83 Å². The molecule has 0 atom stereocenters. The zero-order chi connectivity index (χ0) is 10.8. The van der Waals surface area contributed by atoms with Crippen LogP contribution >= 0.6 is 22.6 Å². The SMILES string of the molecule is O=[N+]([O-])c1ccc(-c2nc(I)no2)cc1. The molecule has 0 saturated carbocycles. The van der Waals surface area contributed by atoms with Crippen molar-refractivity contribution in [2.75, 3.05) is 0 Å². The molecule has 2 rings (SSSR count). The first kappa shape index (κ1) is 10.0. The molecule has 2 aromatic rings. The molecule has 0 bridgehead atoms. The highest BCUT2D eigenvalue weighted by Gasteiger charge is 2.09. The van der Waals surface area contributed by atoms with Gasteiger partial charge in [0.25, 0.3) is 11.6 Å². The van der Waals surface area contributed by atoms with Gasteiger partial charge in [-0.1, -0.05) is 5.16 Å². The minimum atomic E-state index is -0.457. The fourth-order valence-electron chi connectivity index (χ4n) is 1.05. The Morgan fingerprint density at radius 1 is 1.33 bits per heavy atom. The van der Waals surface area contributed by atoms with Gasteiger partial charge in [0.05, 0.1) is 4.92 Å². The summed E-state index contributed by atoms with van der Waals surface area (Å²) in [5.74, 6) is 0.356. The first-order valence-electron chi connectivity index (χ1n) is 3.91. The van der Waals surface area contributed by atoms with Crippen LogP contribution in [0.3, 0.4) is 0 Å². The number of nitrogens with zero attached hydrogens (tertiary/aromatic N) is 3. The van der Waals surface area contributed by atoms with Gasteiger partial charge in [0.1, 0.15) is 0 Å². The molecule has 0 radical (unpaired) electrons. The molecule has 1 aromatic heterocycles. The monoisotopic (exact) mass is 317 g/mol. The fourth-order valence-corrected chi connectivity index (χ4v) is 1.37. The number of nitro groups is 1. The maximum Gasteiger partial charge on any atom is 0.269 e. The topological polar surface area (TPSA) is 82.1 Å². The summed E-state index contributed by atoms with van der Waals surface area (Å²) in [6.45, 7) is 0. The molecular weight excluding hydrogens is 313 g/mol. The molecule has 0 aliphatic rings. The maximum atomic E-state index is 10.4. The van der Waals surface area contributed by atoms with Crippen LogP contribution in [0.25, 0.3) is 11.5 Å². The summed E-state index contributed by atoms with van der Waals surface area (Å²) < 4.78 is 5.41. The van der Waals surface area contributed by atoms with Crippen molar-refractivity contribution in [1.29, 1.82) is 0 Å². The highest BCUT2D eigenvalue weighted by atomic mass is 127. The Labute approximate surface area is 97.6 Å². The van der Waals surface area contributed by atoms with Gasteiger partial charge in [0.15, 0.2) is 0 Å². The van der Waals surface area contributed by atoms with Gasteiger partial charge in [0, 0.05) is 40.3 Å². The van der Waals surface area contributed by atoms with E-state index in [4.69, 9.17) is 4.52 Å². The third-order valence-electron chi connectivity index (χ3n) is 1.73. The van der Waals surface area contributed by atoms with Crippen molar-refractivity contribution >= 4 is 28.3 Å². The molecule has 0 unspecified atom stereocenters. The molecule has 76 valence electrons. The molecule has 0 aliphatic carbocycles. The fraction of sp³-hybridized carbons (Fsp3) is 0. The molecule has 0 N–H and O–H groups in total. The van der Waals surface area contributed by atoms with Gasteiger partial charge in [-0.05, 0) is 12.1 Å². The van der Waals surface area contributed by atoms with Crippen molar-refractivity contribution in [2.45, 2.75) is 0 Å². The van der Waals surface area contributed by atoms with Gasteiger partial charge in [-0.3, -0.25) is 10.1 Å². The quantitative estimate of drug-likeness (QED) is 0.482. The smallest absolute Gasteiger partial charge is 0.269 e. The second-order valence-corrected chi connectivity index (χ2v) is 3.64. The lowest BCUT2D eigenvalue weighted by Gasteiger charge is -1.93. The maximum absolute atomic E-state index is 10.4. The van der Waals surface area contributed by atoms with E-state index in [-0.39, 0.29) is 5.69 Å². The Bertz CT molecular complexity index is 494. The Hall–Kier alpha value is -1.51. The number of hydrogen-bond acceptors (Lipinski definition) is 5. The number of halogens is 1. The van der Waals surface area contributed by atoms with Crippen LogP contribution in [0, 0.1) is 13.9 Å². The average molecular weight is 317 g/mol. The van der Waals surface area contributed by atoms with E-state index >= 15 is 0 Å². The zero-order valence-corrected chi connectivity index (χ0v) is 9.41. The Kier molecular flexibility index (Phi) is 2.62. The van der Waals surface area contributed by atoms with Gasteiger partial charge < -0.3 is 4.52 Å². The molecule has 0 aliphatic heterocycles. The van der Waals surface area contributed by atoms with E-state index in [1.165, 1.54) is 12.1 Å². The van der Waals surface area contributed by atoms with Crippen LogP contribution in [-0.4, -0.2) is 15.1 Å². The van der Waals surface area contributed by atoms with Crippen molar-refractivity contribution in [3.05, 3.63) is 38.2 Å². The van der Waals surface area contributed by atoms with E-state index in [9.17, 15) is 10.1 Å². The summed E-state index contributed by atoms with van der Waals surface area (Å²) in [5.41, 5.74) is 0.698. The number of benzene rings is 1. The van der Waals surface area contributed by atoms with E-state index in [0.717, 1.165) is 0 Å². The van der Waals surface area contributed by atoms with E-state index < -0.39 is 4.92 Å². The number of hydrogen-bond donors (Lipinski definition) is 0. The predicted octanol–water partition coefficient (Wildman–Crippen LogP) is 2.25. The van der Waals surface area contributed by atoms with Crippen molar-refractivity contribution in [3.8, 4) is 11.5 Å². The summed E-state index contributed by atoms with van der Waals surface area (Å²) >= 11 is 1.92. The second-order valence-electron chi connectivity index (χ2n) is 2.67. The van der Waals surface area contributed by atoms with Crippen LogP contribution in [0.1, 0.15) is 0 Å². The van der Waals surface area contributed by atoms with Crippen molar-refractivity contribution < 1.29 is 9.45 Å². The molecule has 0 spiro atoms. The summed E-state index contributed by atoms with van der Waals surface area (Å²) in [4.78, 5) is 13.9. The van der Waals surface area contributed by atoms with E-state index in [1.807, 2.05) is 22.6 Å². The first-order valence-corrected chi connectivity index (χ1v) is 4.99. The van der Waals surface area contributed by atoms with Crippen molar-refractivity contribution in [2.24, 2.45) is 0 Å².